The Balaban J connectivity index is 2.10. The van der Waals surface area contributed by atoms with E-state index in [1.54, 1.807) is 7.11 Å². The van der Waals surface area contributed by atoms with E-state index in [-0.39, 0.29) is 6.03 Å². The van der Waals surface area contributed by atoms with Crippen molar-refractivity contribution in [2.75, 3.05) is 33.3 Å². The second-order valence-electron chi connectivity index (χ2n) is 5.87. The van der Waals surface area contributed by atoms with Gasteiger partial charge in [-0.2, -0.15) is 0 Å². The molecule has 2 rings (SSSR count). The summed E-state index contributed by atoms with van der Waals surface area (Å²) in [5.74, 6) is 1.31. The molecule has 1 aromatic carbocycles. The molecule has 1 unspecified atom stereocenters. The zero-order valence-corrected chi connectivity index (χ0v) is 14.0. The van der Waals surface area contributed by atoms with Gasteiger partial charge in [0.15, 0.2) is 0 Å². The maximum absolute atomic E-state index is 12.6. The number of amides is 2. The molecular weight excluding hydrogens is 276 g/mol. The van der Waals surface area contributed by atoms with Crippen LogP contribution in [0.2, 0.25) is 0 Å². The van der Waals surface area contributed by atoms with E-state index in [4.69, 9.17) is 4.74 Å². The molecule has 0 bridgehead atoms. The second kappa shape index (κ2) is 8.06. The minimum atomic E-state index is 0.186. The number of carbonyl (C=O) groups excluding carboxylic acids is 1. The summed E-state index contributed by atoms with van der Waals surface area (Å²) in [5, 5.41) is 0. The van der Waals surface area contributed by atoms with Gasteiger partial charge in [0.05, 0.1) is 7.11 Å². The Labute approximate surface area is 134 Å². The Morgan fingerprint density at radius 2 is 1.91 bits per heavy atom. The highest BCUT2D eigenvalue weighted by molar-refractivity contribution is 5.74. The van der Waals surface area contributed by atoms with Crippen LogP contribution in [0.25, 0.3) is 0 Å². The molecule has 1 fully saturated rings. The number of likely N-dealkylation sites (tertiary alicyclic amines) is 1. The molecule has 122 valence electrons. The molecule has 0 saturated carbocycles. The predicted molar refractivity (Wildman–Crippen MR) is 89.5 cm³/mol. The van der Waals surface area contributed by atoms with Crippen LogP contribution in [-0.2, 0) is 0 Å². The molecule has 22 heavy (non-hydrogen) atoms. The van der Waals surface area contributed by atoms with Gasteiger partial charge >= 0.3 is 6.03 Å². The first-order valence-corrected chi connectivity index (χ1v) is 8.37. The molecule has 1 saturated heterocycles. The third-order valence-electron chi connectivity index (χ3n) is 4.56. The van der Waals surface area contributed by atoms with Gasteiger partial charge < -0.3 is 14.5 Å². The van der Waals surface area contributed by atoms with Crippen molar-refractivity contribution in [2.24, 2.45) is 0 Å². The first-order valence-electron chi connectivity index (χ1n) is 8.37. The van der Waals surface area contributed by atoms with Crippen LogP contribution in [0.1, 0.15) is 44.6 Å². The zero-order chi connectivity index (χ0) is 15.9. The van der Waals surface area contributed by atoms with Crippen molar-refractivity contribution in [2.45, 2.75) is 39.0 Å². The smallest absolute Gasteiger partial charge is 0.319 e. The van der Waals surface area contributed by atoms with Gasteiger partial charge in [-0.15, -0.1) is 0 Å². The number of carbonyl (C=O) groups is 1. The van der Waals surface area contributed by atoms with E-state index < -0.39 is 0 Å². The topological polar surface area (TPSA) is 32.8 Å². The Morgan fingerprint density at radius 1 is 1.23 bits per heavy atom. The zero-order valence-electron chi connectivity index (χ0n) is 14.0. The van der Waals surface area contributed by atoms with E-state index in [0.717, 1.165) is 44.8 Å². The SMILES string of the molecule is CCN(CC)C(=O)N1CCCCC(c2ccc(OC)cc2)C1. The standard InChI is InChI=1S/C18H28N2O2/c1-4-19(5-2)18(21)20-13-7-6-8-16(14-20)15-9-11-17(22-3)12-10-15/h9-12,16H,4-8,13-14H2,1-3H3. The maximum Gasteiger partial charge on any atom is 0.319 e. The summed E-state index contributed by atoms with van der Waals surface area (Å²) in [6.07, 6.45) is 3.42. The average Bonchev–Trinajstić information content (AvgIpc) is 2.82. The lowest BCUT2D eigenvalue weighted by atomic mass is 9.94. The van der Waals surface area contributed by atoms with E-state index in [0.29, 0.717) is 5.92 Å². The minimum absolute atomic E-state index is 0.186. The van der Waals surface area contributed by atoms with Crippen LogP contribution in [0.5, 0.6) is 5.75 Å². The number of urea groups is 1. The van der Waals surface area contributed by atoms with Crippen molar-refractivity contribution < 1.29 is 9.53 Å². The van der Waals surface area contributed by atoms with Gasteiger partial charge in [-0.1, -0.05) is 18.6 Å². The summed E-state index contributed by atoms with van der Waals surface area (Å²) in [5.41, 5.74) is 1.31. The number of benzene rings is 1. The first-order chi connectivity index (χ1) is 10.7. The summed E-state index contributed by atoms with van der Waals surface area (Å²) >= 11 is 0. The fourth-order valence-electron chi connectivity index (χ4n) is 3.16. The lowest BCUT2D eigenvalue weighted by Crippen LogP contribution is -2.44. The molecule has 1 aliphatic heterocycles. The van der Waals surface area contributed by atoms with E-state index in [9.17, 15) is 4.79 Å². The molecule has 4 heteroatoms. The van der Waals surface area contributed by atoms with E-state index >= 15 is 0 Å². The largest absolute Gasteiger partial charge is 0.497 e. The summed E-state index contributed by atoms with van der Waals surface area (Å²) in [7, 11) is 1.69. The van der Waals surface area contributed by atoms with Gasteiger partial charge in [0.1, 0.15) is 5.75 Å². The first kappa shape index (κ1) is 16.7. The summed E-state index contributed by atoms with van der Waals surface area (Å²) in [6, 6.07) is 8.47. The van der Waals surface area contributed by atoms with Gasteiger partial charge in [0.2, 0.25) is 0 Å². The third kappa shape index (κ3) is 3.93. The van der Waals surface area contributed by atoms with Crippen LogP contribution in [0, 0.1) is 0 Å². The van der Waals surface area contributed by atoms with Crippen molar-refractivity contribution in [3.05, 3.63) is 29.8 Å². The number of ether oxygens (including phenoxy) is 1. The number of rotatable bonds is 4. The molecule has 4 nitrogen and oxygen atoms in total. The van der Waals surface area contributed by atoms with Crippen molar-refractivity contribution >= 4 is 6.03 Å². The van der Waals surface area contributed by atoms with Gasteiger partial charge in [0, 0.05) is 32.1 Å². The number of hydrogen-bond acceptors (Lipinski definition) is 2. The molecule has 0 N–H and O–H groups in total. The van der Waals surface area contributed by atoms with E-state index in [1.807, 2.05) is 35.8 Å². The van der Waals surface area contributed by atoms with Gasteiger partial charge in [0.25, 0.3) is 0 Å². The number of nitrogens with zero attached hydrogens (tertiary/aromatic N) is 2. The molecular formula is C18H28N2O2. The fourth-order valence-corrected chi connectivity index (χ4v) is 3.16. The molecule has 1 aliphatic rings. The highest BCUT2D eigenvalue weighted by atomic mass is 16.5. The predicted octanol–water partition coefficient (Wildman–Crippen LogP) is 3.73. The van der Waals surface area contributed by atoms with Gasteiger partial charge in [-0.25, -0.2) is 4.79 Å². The minimum Gasteiger partial charge on any atom is -0.497 e. The lowest BCUT2D eigenvalue weighted by Gasteiger charge is -2.30. The third-order valence-corrected chi connectivity index (χ3v) is 4.56. The fraction of sp³-hybridized carbons (Fsp3) is 0.611. The van der Waals surface area contributed by atoms with Gasteiger partial charge in [-0.3, -0.25) is 0 Å². The normalized spacial score (nSPS) is 18.7. The van der Waals surface area contributed by atoms with Crippen molar-refractivity contribution in [1.82, 2.24) is 9.80 Å². The van der Waals surface area contributed by atoms with Crippen molar-refractivity contribution in [3.63, 3.8) is 0 Å². The lowest BCUT2D eigenvalue weighted by molar-refractivity contribution is 0.157. The highest BCUT2D eigenvalue weighted by Crippen LogP contribution is 2.28. The quantitative estimate of drug-likeness (QED) is 0.849. The molecule has 1 aromatic rings. The molecule has 0 aromatic heterocycles. The summed E-state index contributed by atoms with van der Waals surface area (Å²) in [6.45, 7) is 7.34. The number of methoxy groups -OCH3 is 1. The molecule has 0 spiro atoms. The van der Waals surface area contributed by atoms with E-state index in [1.165, 1.54) is 12.0 Å². The average molecular weight is 304 g/mol. The van der Waals surface area contributed by atoms with Crippen LogP contribution >= 0.6 is 0 Å². The van der Waals surface area contributed by atoms with E-state index in [2.05, 4.69) is 12.1 Å². The highest BCUT2D eigenvalue weighted by Gasteiger charge is 2.25. The second-order valence-corrected chi connectivity index (χ2v) is 5.87. The van der Waals surface area contributed by atoms with Crippen molar-refractivity contribution in [3.8, 4) is 5.75 Å². The van der Waals surface area contributed by atoms with Crippen LogP contribution in [0.3, 0.4) is 0 Å². The maximum atomic E-state index is 12.6. The molecule has 2 amide bonds. The molecule has 1 heterocycles. The van der Waals surface area contributed by atoms with Crippen LogP contribution in [0.4, 0.5) is 4.79 Å². The Morgan fingerprint density at radius 3 is 2.50 bits per heavy atom. The molecule has 0 radical (unpaired) electrons. The van der Waals surface area contributed by atoms with Gasteiger partial charge in [-0.05, 0) is 44.4 Å². The van der Waals surface area contributed by atoms with Crippen LogP contribution in [0.15, 0.2) is 24.3 Å². The monoisotopic (exact) mass is 304 g/mol. The summed E-state index contributed by atoms with van der Waals surface area (Å²) < 4.78 is 5.23. The number of hydrogen-bond donors (Lipinski definition) is 0. The Hall–Kier alpha value is -1.71. The van der Waals surface area contributed by atoms with Crippen LogP contribution < -0.4 is 4.74 Å². The molecule has 1 atom stereocenters. The Kier molecular flexibility index (Phi) is 6.10. The van der Waals surface area contributed by atoms with Crippen molar-refractivity contribution in [1.29, 1.82) is 0 Å². The summed E-state index contributed by atoms with van der Waals surface area (Å²) in [4.78, 5) is 16.6. The Bertz CT molecular complexity index is 468. The van der Waals surface area contributed by atoms with Crippen LogP contribution in [-0.4, -0.2) is 49.1 Å². The molecule has 0 aliphatic carbocycles.